The zero-order valence-corrected chi connectivity index (χ0v) is 21.5. The van der Waals surface area contributed by atoms with Gasteiger partial charge in [-0.05, 0) is 88.4 Å². The van der Waals surface area contributed by atoms with E-state index in [1.165, 1.54) is 0 Å². The second-order valence-corrected chi connectivity index (χ2v) is 12.8. The number of Topliss-reactive ketones (excluding diaryl/α,β-unsaturated/α-hetero) is 1. The van der Waals surface area contributed by atoms with Crippen molar-refractivity contribution in [1.29, 1.82) is 0 Å². The van der Waals surface area contributed by atoms with Gasteiger partial charge in [0.25, 0.3) is 0 Å². The average molecular weight is 491 g/mol. The first kappa shape index (κ1) is 25.4. The molecular formula is C28H42O7. The van der Waals surface area contributed by atoms with Crippen LogP contribution in [0.2, 0.25) is 0 Å². The van der Waals surface area contributed by atoms with Gasteiger partial charge in [0.05, 0.1) is 17.6 Å². The number of rotatable bonds is 3. The van der Waals surface area contributed by atoms with Crippen LogP contribution in [0.5, 0.6) is 0 Å². The summed E-state index contributed by atoms with van der Waals surface area (Å²) in [7, 11) is 0. The van der Waals surface area contributed by atoms with E-state index < -0.39 is 29.3 Å². The molecule has 4 aliphatic carbocycles. The van der Waals surface area contributed by atoms with E-state index in [0.717, 1.165) is 18.4 Å². The highest BCUT2D eigenvalue weighted by Gasteiger charge is 2.71. The first-order valence-corrected chi connectivity index (χ1v) is 13.5. The molecule has 4 saturated carbocycles. The molecule has 35 heavy (non-hydrogen) atoms. The Bertz CT molecular complexity index is 944. The molecule has 11 atom stereocenters. The highest BCUT2D eigenvalue weighted by molar-refractivity contribution is 5.89. The molecule has 1 aliphatic heterocycles. The van der Waals surface area contributed by atoms with Crippen molar-refractivity contribution in [2.75, 3.05) is 6.61 Å². The maximum atomic E-state index is 13.3. The summed E-state index contributed by atoms with van der Waals surface area (Å²) in [6.07, 6.45) is 2.33. The first-order valence-electron chi connectivity index (χ1n) is 13.5. The van der Waals surface area contributed by atoms with Gasteiger partial charge in [-0.3, -0.25) is 4.79 Å². The fourth-order valence-electron chi connectivity index (χ4n) is 9.52. The molecule has 0 unspecified atom stereocenters. The van der Waals surface area contributed by atoms with Gasteiger partial charge < -0.3 is 25.2 Å². The minimum absolute atomic E-state index is 0.0348. The fraction of sp³-hybridized carbons (Fsp3) is 0.857. The Morgan fingerprint density at radius 3 is 2.49 bits per heavy atom. The molecule has 0 radical (unpaired) electrons. The quantitative estimate of drug-likeness (QED) is 0.448. The highest BCUT2D eigenvalue weighted by atomic mass is 16.5. The molecule has 5 rings (SSSR count). The normalized spacial score (nSPS) is 50.8. The third-order valence-corrected chi connectivity index (χ3v) is 11.6. The van der Waals surface area contributed by atoms with Gasteiger partial charge in [-0.15, -0.1) is 0 Å². The summed E-state index contributed by atoms with van der Waals surface area (Å²) in [5.74, 6) is -0.974. The zero-order valence-electron chi connectivity index (χ0n) is 21.5. The van der Waals surface area contributed by atoms with E-state index in [-0.39, 0.29) is 53.4 Å². The lowest BCUT2D eigenvalue weighted by Gasteiger charge is -2.64. The molecule has 196 valence electrons. The minimum Gasteiger partial charge on any atom is -0.458 e. The van der Waals surface area contributed by atoms with Crippen LogP contribution in [0.3, 0.4) is 0 Å². The van der Waals surface area contributed by atoms with Crippen molar-refractivity contribution in [3.8, 4) is 0 Å². The van der Waals surface area contributed by atoms with E-state index in [0.29, 0.717) is 44.1 Å². The monoisotopic (exact) mass is 490 g/mol. The van der Waals surface area contributed by atoms with Crippen molar-refractivity contribution in [3.05, 3.63) is 11.1 Å². The number of ether oxygens (including phenoxy) is 1. The van der Waals surface area contributed by atoms with Crippen LogP contribution in [0, 0.1) is 40.4 Å². The van der Waals surface area contributed by atoms with Gasteiger partial charge in [-0.2, -0.15) is 0 Å². The summed E-state index contributed by atoms with van der Waals surface area (Å²) in [5, 5.41) is 44.8. The molecule has 0 aromatic carbocycles. The fourth-order valence-corrected chi connectivity index (χ4v) is 9.52. The molecule has 0 spiro atoms. The molecular weight excluding hydrogens is 448 g/mol. The molecule has 5 aliphatic rings. The highest BCUT2D eigenvalue weighted by Crippen LogP contribution is 2.68. The summed E-state index contributed by atoms with van der Waals surface area (Å²) in [5.41, 5.74) is -1.14. The van der Waals surface area contributed by atoms with Gasteiger partial charge in [-0.1, -0.05) is 12.5 Å². The lowest BCUT2D eigenvalue weighted by atomic mass is 9.42. The second-order valence-electron chi connectivity index (χ2n) is 12.8. The summed E-state index contributed by atoms with van der Waals surface area (Å²) < 4.78 is 5.78. The molecule has 0 aromatic rings. The van der Waals surface area contributed by atoms with Crippen molar-refractivity contribution in [1.82, 2.24) is 0 Å². The van der Waals surface area contributed by atoms with Crippen LogP contribution in [0.15, 0.2) is 11.1 Å². The van der Waals surface area contributed by atoms with Crippen molar-refractivity contribution in [2.45, 2.75) is 103 Å². The van der Waals surface area contributed by atoms with Gasteiger partial charge in [0.15, 0.2) is 0 Å². The Labute approximate surface area is 207 Å². The molecule has 0 amide bonds. The number of esters is 1. The number of carbonyl (C=O) groups excluding carboxylic acids is 2. The molecule has 4 N–H and O–H groups in total. The predicted octanol–water partition coefficient (Wildman–Crippen LogP) is 2.53. The van der Waals surface area contributed by atoms with Crippen LogP contribution in [-0.4, -0.2) is 62.7 Å². The number of aliphatic hydroxyl groups excluding tert-OH is 3. The third-order valence-electron chi connectivity index (χ3n) is 11.6. The van der Waals surface area contributed by atoms with Crippen LogP contribution in [0.1, 0.15) is 79.1 Å². The SMILES string of the molecule is CC1=C(C)C(=O)O[C@@H]([C@H](CO)[C@H]2C[C@@H](O)[C@H]3[C@@H]4C[C@@H](O)[C@@]5(O)CCCC(=O)[C@]5(C)[C@H]4CC[C@@]32C)C1. The van der Waals surface area contributed by atoms with Crippen molar-refractivity contribution >= 4 is 11.8 Å². The number of carbonyl (C=O) groups is 2. The summed E-state index contributed by atoms with van der Waals surface area (Å²) in [4.78, 5) is 25.7. The van der Waals surface area contributed by atoms with Gasteiger partial charge >= 0.3 is 5.97 Å². The Morgan fingerprint density at radius 1 is 1.11 bits per heavy atom. The predicted molar refractivity (Wildman–Crippen MR) is 128 cm³/mol. The van der Waals surface area contributed by atoms with Crippen LogP contribution >= 0.6 is 0 Å². The maximum absolute atomic E-state index is 13.3. The Morgan fingerprint density at radius 2 is 1.83 bits per heavy atom. The number of hydrogen-bond acceptors (Lipinski definition) is 7. The summed E-state index contributed by atoms with van der Waals surface area (Å²) in [6, 6.07) is 0. The third kappa shape index (κ3) is 3.30. The van der Waals surface area contributed by atoms with E-state index in [1.54, 1.807) is 6.92 Å². The molecule has 0 bridgehead atoms. The minimum atomic E-state index is -1.41. The number of aliphatic hydroxyl groups is 4. The molecule has 0 saturated heterocycles. The molecule has 7 heteroatoms. The number of cyclic esters (lactones) is 1. The van der Waals surface area contributed by atoms with Gasteiger partial charge in [0.1, 0.15) is 17.5 Å². The first-order chi connectivity index (χ1) is 16.4. The van der Waals surface area contributed by atoms with Crippen molar-refractivity contribution in [3.63, 3.8) is 0 Å². The molecule has 1 heterocycles. The lowest BCUT2D eigenvalue weighted by Crippen LogP contribution is -2.70. The Hall–Kier alpha value is -1.28. The molecule has 7 nitrogen and oxygen atoms in total. The Balaban J connectivity index is 1.48. The number of ketones is 1. The van der Waals surface area contributed by atoms with E-state index in [9.17, 15) is 30.0 Å². The zero-order chi connectivity index (χ0) is 25.5. The Kier molecular flexibility index (Phi) is 6.07. The van der Waals surface area contributed by atoms with Crippen molar-refractivity contribution < 1.29 is 34.8 Å². The second kappa shape index (κ2) is 8.37. The largest absolute Gasteiger partial charge is 0.458 e. The van der Waals surface area contributed by atoms with Crippen LogP contribution in [0.4, 0.5) is 0 Å². The van der Waals surface area contributed by atoms with Gasteiger partial charge in [0, 0.05) is 30.9 Å². The van der Waals surface area contributed by atoms with E-state index >= 15 is 0 Å². The summed E-state index contributed by atoms with van der Waals surface area (Å²) >= 11 is 0. The number of fused-ring (bicyclic) bond motifs is 5. The van der Waals surface area contributed by atoms with Gasteiger partial charge in [-0.25, -0.2) is 4.79 Å². The average Bonchev–Trinajstić information content (AvgIpc) is 3.06. The van der Waals surface area contributed by atoms with Gasteiger partial charge in [0.2, 0.25) is 0 Å². The van der Waals surface area contributed by atoms with Crippen LogP contribution in [0.25, 0.3) is 0 Å². The van der Waals surface area contributed by atoms with E-state index in [2.05, 4.69) is 6.92 Å². The topological polar surface area (TPSA) is 124 Å². The maximum Gasteiger partial charge on any atom is 0.333 e. The smallest absolute Gasteiger partial charge is 0.333 e. The standard InChI is InChI=1S/C28H42O7/c1-14-10-21(35-25(33)15(14)2)17(13-29)19-12-20(30)24-16-11-23(32)28(34)8-5-6-22(31)27(28,4)18(16)7-9-26(19,24)3/h16-21,23-24,29-30,32,34H,5-13H2,1-4H3/t16-,17-,18+,19-,20-,21-,23-,24-,26-,27+,28+/m1/s1. The van der Waals surface area contributed by atoms with E-state index in [4.69, 9.17) is 4.74 Å². The lowest BCUT2D eigenvalue weighted by molar-refractivity contribution is -0.246. The molecule has 0 aromatic heterocycles. The van der Waals surface area contributed by atoms with Crippen LogP contribution in [-0.2, 0) is 14.3 Å². The van der Waals surface area contributed by atoms with Crippen LogP contribution < -0.4 is 0 Å². The number of hydrogen-bond donors (Lipinski definition) is 4. The van der Waals surface area contributed by atoms with Crippen molar-refractivity contribution in [2.24, 2.45) is 40.4 Å². The summed E-state index contributed by atoms with van der Waals surface area (Å²) in [6.45, 7) is 7.60. The molecule has 4 fully saturated rings. The van der Waals surface area contributed by atoms with E-state index in [1.807, 2.05) is 13.8 Å².